The molecule has 0 saturated heterocycles. The quantitative estimate of drug-likeness (QED) is 0.0963. The van der Waals surface area contributed by atoms with E-state index >= 15 is 0 Å². The van der Waals surface area contributed by atoms with Crippen LogP contribution in [-0.4, -0.2) is 72.1 Å². The summed E-state index contributed by atoms with van der Waals surface area (Å²) in [6.07, 6.45) is 0. The molecule has 1 aromatic heterocycles. The Morgan fingerprint density at radius 2 is 1.53 bits per heavy atom. The lowest BCUT2D eigenvalue weighted by Gasteiger charge is -2.11. The summed E-state index contributed by atoms with van der Waals surface area (Å²) < 4.78 is 98.1. The Morgan fingerprint density at radius 3 is 2.18 bits per heavy atom. The predicted molar refractivity (Wildman–Crippen MR) is 162 cm³/mol. The van der Waals surface area contributed by atoms with Gasteiger partial charge >= 0.3 is 0 Å². The van der Waals surface area contributed by atoms with Crippen LogP contribution in [0.1, 0.15) is 6.92 Å². The number of fused-ring (bicyclic) bond motifs is 1. The minimum Gasteiger partial charge on any atom is -0.353 e. The number of nitrogens with zero attached hydrogens (tertiary/aromatic N) is 5. The zero-order valence-corrected chi connectivity index (χ0v) is 25.8. The third-order valence-electron chi connectivity index (χ3n) is 5.55. The van der Waals surface area contributed by atoms with Crippen LogP contribution in [0.2, 0.25) is 5.28 Å². The minimum atomic E-state index is -4.89. The Balaban J connectivity index is 1.70. The van der Waals surface area contributed by atoms with E-state index in [1.54, 1.807) is 0 Å². The van der Waals surface area contributed by atoms with Crippen LogP contribution in [0.5, 0.6) is 0 Å². The number of halogens is 1. The van der Waals surface area contributed by atoms with Gasteiger partial charge in [-0.2, -0.15) is 45.3 Å². The van der Waals surface area contributed by atoms with Gasteiger partial charge in [-0.05, 0) is 48.0 Å². The van der Waals surface area contributed by atoms with Gasteiger partial charge in [-0.25, -0.2) is 0 Å². The standard InChI is InChI=1S/C23H21ClN8O10S3/c1-12(33)26-18-10-13(27-23-29-21(24)28-22(30-23)25-7-8-43(34,35)36)5-6-17(18)32-31-14-9-16-15(20(11-14)45(40,41)42)3-2-4-19(16)44(37,38)39/h2-6,9-11H,7-8H2,1H3,(H,26,33)(H,34,35,36)(H,37,38,39)(H,40,41,42)(H2,25,27,28,29,30). The number of nitrogens with one attached hydrogen (secondary N) is 3. The molecule has 0 aliphatic carbocycles. The first-order valence-corrected chi connectivity index (χ1v) is 17.0. The van der Waals surface area contributed by atoms with Crippen molar-refractivity contribution in [1.82, 2.24) is 15.0 Å². The molecule has 4 aromatic rings. The second-order valence-corrected chi connectivity index (χ2v) is 13.6. The molecular formula is C23H21ClN8O10S3. The van der Waals surface area contributed by atoms with Crippen LogP contribution in [-0.2, 0) is 35.1 Å². The summed E-state index contributed by atoms with van der Waals surface area (Å²) >= 11 is 5.93. The van der Waals surface area contributed by atoms with E-state index in [-0.39, 0.29) is 51.6 Å². The van der Waals surface area contributed by atoms with Crippen LogP contribution in [0.15, 0.2) is 68.6 Å². The van der Waals surface area contributed by atoms with Crippen LogP contribution in [0.4, 0.5) is 34.6 Å². The van der Waals surface area contributed by atoms with Crippen molar-refractivity contribution in [1.29, 1.82) is 0 Å². The van der Waals surface area contributed by atoms with Crippen LogP contribution in [0.25, 0.3) is 10.8 Å². The summed E-state index contributed by atoms with van der Waals surface area (Å²) in [6.45, 7) is 0.987. The number of aromatic nitrogens is 3. The summed E-state index contributed by atoms with van der Waals surface area (Å²) in [5, 5.41) is 15.2. The second kappa shape index (κ2) is 12.9. The van der Waals surface area contributed by atoms with Gasteiger partial charge in [0.2, 0.25) is 23.1 Å². The van der Waals surface area contributed by atoms with Crippen LogP contribution in [0, 0.1) is 0 Å². The fourth-order valence-electron chi connectivity index (χ4n) is 3.81. The van der Waals surface area contributed by atoms with Crippen LogP contribution >= 0.6 is 11.6 Å². The van der Waals surface area contributed by atoms with Crippen molar-refractivity contribution in [3.63, 3.8) is 0 Å². The van der Waals surface area contributed by atoms with E-state index in [1.165, 1.54) is 37.3 Å². The van der Waals surface area contributed by atoms with Crippen molar-refractivity contribution in [3.8, 4) is 0 Å². The fourth-order valence-corrected chi connectivity index (χ4v) is 5.76. The van der Waals surface area contributed by atoms with Crippen LogP contribution < -0.4 is 16.0 Å². The molecule has 0 unspecified atom stereocenters. The van der Waals surface area contributed by atoms with Crippen molar-refractivity contribution in [2.75, 3.05) is 28.2 Å². The molecule has 0 aliphatic rings. The van der Waals surface area contributed by atoms with Gasteiger partial charge in [-0.1, -0.05) is 12.1 Å². The van der Waals surface area contributed by atoms with Crippen molar-refractivity contribution in [3.05, 3.63) is 53.8 Å². The number of hydrogen-bond acceptors (Lipinski definition) is 14. The molecule has 22 heteroatoms. The molecule has 0 aliphatic heterocycles. The first-order valence-electron chi connectivity index (χ1n) is 12.1. The van der Waals surface area contributed by atoms with Crippen molar-refractivity contribution >= 4 is 93.3 Å². The lowest BCUT2D eigenvalue weighted by atomic mass is 10.1. The SMILES string of the molecule is CC(=O)Nc1cc(Nc2nc(Cl)nc(NCCS(=O)(=O)O)n2)ccc1N=Nc1cc(S(=O)(=O)O)c2cccc(S(=O)(=O)O)c2c1. The molecule has 6 N–H and O–H groups in total. The highest BCUT2D eigenvalue weighted by Gasteiger charge is 2.21. The topological polar surface area (TPSA) is 280 Å². The summed E-state index contributed by atoms with van der Waals surface area (Å²) in [6, 6.07) is 9.77. The molecule has 4 rings (SSSR count). The maximum atomic E-state index is 12.1. The van der Waals surface area contributed by atoms with Gasteiger partial charge in [0.05, 0.1) is 17.1 Å². The van der Waals surface area contributed by atoms with Crippen molar-refractivity contribution in [2.45, 2.75) is 16.7 Å². The summed E-state index contributed by atoms with van der Waals surface area (Å²) in [5.74, 6) is -1.32. The monoisotopic (exact) mass is 700 g/mol. The average molecular weight is 701 g/mol. The lowest BCUT2D eigenvalue weighted by Crippen LogP contribution is -2.16. The summed E-state index contributed by atoms with van der Waals surface area (Å²) in [5.41, 5.74) is 0.211. The lowest BCUT2D eigenvalue weighted by molar-refractivity contribution is -0.114. The minimum absolute atomic E-state index is 0.0496. The van der Waals surface area contributed by atoms with Gasteiger partial charge in [-0.15, -0.1) is 5.11 Å². The average Bonchev–Trinajstić information content (AvgIpc) is 2.89. The molecule has 45 heavy (non-hydrogen) atoms. The van der Waals surface area contributed by atoms with Crippen molar-refractivity contribution in [2.24, 2.45) is 10.2 Å². The maximum absolute atomic E-state index is 12.1. The normalized spacial score (nSPS) is 12.4. The number of hydrogen-bond donors (Lipinski definition) is 6. The summed E-state index contributed by atoms with van der Waals surface area (Å²) in [4.78, 5) is 22.4. The number of carbonyl (C=O) groups excluding carboxylic acids is 1. The Labute approximate surface area is 260 Å². The van der Waals surface area contributed by atoms with Gasteiger partial charge in [0.25, 0.3) is 30.4 Å². The smallest absolute Gasteiger partial charge is 0.295 e. The molecule has 0 spiro atoms. The highest BCUT2D eigenvalue weighted by molar-refractivity contribution is 7.86. The highest BCUT2D eigenvalue weighted by atomic mass is 35.5. The zero-order chi connectivity index (χ0) is 33.2. The van der Waals surface area contributed by atoms with E-state index in [9.17, 15) is 39.2 Å². The number of benzene rings is 3. The van der Waals surface area contributed by atoms with E-state index in [2.05, 4.69) is 41.1 Å². The van der Waals surface area contributed by atoms with E-state index < -0.39 is 51.8 Å². The fraction of sp³-hybridized carbons (Fsp3) is 0.130. The van der Waals surface area contributed by atoms with Gasteiger partial charge < -0.3 is 16.0 Å². The van der Waals surface area contributed by atoms with E-state index in [0.717, 1.165) is 18.2 Å². The first kappa shape index (κ1) is 33.5. The zero-order valence-electron chi connectivity index (χ0n) is 22.6. The van der Waals surface area contributed by atoms with Gasteiger partial charge in [0, 0.05) is 29.9 Å². The molecular weight excluding hydrogens is 680 g/mol. The van der Waals surface area contributed by atoms with E-state index in [4.69, 9.17) is 16.2 Å². The third kappa shape index (κ3) is 9.07. The molecule has 0 radical (unpaired) electrons. The number of amides is 1. The number of azo groups is 1. The molecule has 1 amide bonds. The molecule has 0 fully saturated rings. The van der Waals surface area contributed by atoms with Crippen molar-refractivity contribution < 1.29 is 43.7 Å². The predicted octanol–water partition coefficient (Wildman–Crippen LogP) is 3.59. The Morgan fingerprint density at radius 1 is 0.844 bits per heavy atom. The maximum Gasteiger partial charge on any atom is 0.295 e. The third-order valence-corrected chi connectivity index (χ3v) is 8.24. The highest BCUT2D eigenvalue weighted by Crippen LogP contribution is 2.35. The van der Waals surface area contributed by atoms with E-state index in [0.29, 0.717) is 5.69 Å². The molecule has 0 saturated carbocycles. The molecule has 238 valence electrons. The number of carbonyl (C=O) groups is 1. The van der Waals surface area contributed by atoms with E-state index in [1.807, 2.05) is 0 Å². The molecule has 0 bridgehead atoms. The number of anilines is 4. The Bertz CT molecular complexity index is 2180. The molecule has 3 aromatic carbocycles. The molecule has 0 atom stereocenters. The van der Waals surface area contributed by atoms with Gasteiger partial charge in [0.15, 0.2) is 0 Å². The Hall–Kier alpha value is -4.38. The Kier molecular flexibility index (Phi) is 9.62. The van der Waals surface area contributed by atoms with Gasteiger partial charge in [0.1, 0.15) is 15.5 Å². The molecule has 1 heterocycles. The van der Waals surface area contributed by atoms with Gasteiger partial charge in [-0.3, -0.25) is 18.5 Å². The number of rotatable bonds is 11. The molecule has 18 nitrogen and oxygen atoms in total. The largest absolute Gasteiger partial charge is 0.353 e. The van der Waals surface area contributed by atoms with Crippen LogP contribution in [0.3, 0.4) is 0 Å². The first-order chi connectivity index (χ1) is 20.9. The summed E-state index contributed by atoms with van der Waals surface area (Å²) in [7, 11) is -13.9. The second-order valence-electron chi connectivity index (χ2n) is 8.95.